The molecule has 0 amide bonds. The van der Waals surface area contributed by atoms with E-state index in [2.05, 4.69) is 26.7 Å². The molecule has 3 heterocycles. The largest absolute Gasteiger partial charge is 0.465 e. The number of likely N-dealkylation sites (tertiary alicyclic amines) is 1. The molecule has 2 aromatic rings. The Balaban J connectivity index is 1.87. The molecule has 1 saturated heterocycles. The molecule has 3 rings (SSSR count). The van der Waals surface area contributed by atoms with Gasteiger partial charge in [0.15, 0.2) is 5.78 Å². The number of rotatable bonds is 5. The fourth-order valence-corrected chi connectivity index (χ4v) is 4.55. The molecule has 1 aliphatic heterocycles. The molecule has 1 N–H and O–H groups in total. The Morgan fingerprint density at radius 3 is 2.80 bits per heavy atom. The SMILES string of the molecule is COC(=O)c1c(C)[nH]c(C(=O)[C@@H](C)N2CCC[C@@H]2c2ccsc2)c1C. The summed E-state index contributed by atoms with van der Waals surface area (Å²) in [7, 11) is 1.36. The number of methoxy groups -OCH3 is 1. The second-order valence-corrected chi connectivity index (χ2v) is 7.39. The van der Waals surface area contributed by atoms with Gasteiger partial charge in [-0.15, -0.1) is 0 Å². The Labute approximate surface area is 152 Å². The van der Waals surface area contributed by atoms with Gasteiger partial charge in [0.2, 0.25) is 0 Å². The summed E-state index contributed by atoms with van der Waals surface area (Å²) in [5.41, 5.74) is 3.62. The van der Waals surface area contributed by atoms with Gasteiger partial charge in [-0.05, 0) is 68.1 Å². The van der Waals surface area contributed by atoms with Crippen LogP contribution in [0, 0.1) is 13.8 Å². The minimum absolute atomic E-state index is 0.0258. The van der Waals surface area contributed by atoms with E-state index in [9.17, 15) is 9.59 Å². The zero-order valence-electron chi connectivity index (χ0n) is 15.1. The lowest BCUT2D eigenvalue weighted by Crippen LogP contribution is -2.38. The summed E-state index contributed by atoms with van der Waals surface area (Å²) in [5.74, 6) is -0.381. The van der Waals surface area contributed by atoms with Crippen LogP contribution in [0.4, 0.5) is 0 Å². The summed E-state index contributed by atoms with van der Waals surface area (Å²) in [6, 6.07) is 2.20. The molecule has 0 aliphatic carbocycles. The number of esters is 1. The minimum Gasteiger partial charge on any atom is -0.465 e. The fourth-order valence-electron chi connectivity index (χ4n) is 3.84. The van der Waals surface area contributed by atoms with Crippen molar-refractivity contribution in [2.24, 2.45) is 0 Å². The lowest BCUT2D eigenvalue weighted by atomic mass is 10.0. The van der Waals surface area contributed by atoms with Crippen molar-refractivity contribution in [2.75, 3.05) is 13.7 Å². The zero-order valence-corrected chi connectivity index (χ0v) is 15.9. The number of aromatic amines is 1. The average Bonchev–Trinajstić information content (AvgIpc) is 3.32. The first kappa shape index (κ1) is 17.9. The number of ketones is 1. The van der Waals surface area contributed by atoms with E-state index in [1.807, 2.05) is 6.92 Å². The molecule has 25 heavy (non-hydrogen) atoms. The van der Waals surface area contributed by atoms with Crippen LogP contribution in [0.15, 0.2) is 16.8 Å². The van der Waals surface area contributed by atoms with Crippen molar-refractivity contribution in [2.45, 2.75) is 45.7 Å². The highest BCUT2D eigenvalue weighted by molar-refractivity contribution is 7.07. The van der Waals surface area contributed by atoms with Crippen molar-refractivity contribution in [3.8, 4) is 0 Å². The summed E-state index contributed by atoms with van der Waals surface area (Å²) in [6.45, 7) is 6.47. The van der Waals surface area contributed by atoms with Gasteiger partial charge in [-0.3, -0.25) is 9.69 Å². The van der Waals surface area contributed by atoms with Gasteiger partial charge in [-0.2, -0.15) is 11.3 Å². The van der Waals surface area contributed by atoms with Gasteiger partial charge in [0.25, 0.3) is 0 Å². The maximum Gasteiger partial charge on any atom is 0.339 e. The monoisotopic (exact) mass is 360 g/mol. The molecular weight excluding hydrogens is 336 g/mol. The van der Waals surface area contributed by atoms with Gasteiger partial charge in [0.05, 0.1) is 24.4 Å². The van der Waals surface area contributed by atoms with E-state index in [-0.39, 0.29) is 11.8 Å². The highest BCUT2D eigenvalue weighted by atomic mass is 32.1. The number of H-pyrrole nitrogens is 1. The fraction of sp³-hybridized carbons (Fsp3) is 0.474. The van der Waals surface area contributed by atoms with Crippen LogP contribution >= 0.6 is 11.3 Å². The van der Waals surface area contributed by atoms with Gasteiger partial charge < -0.3 is 9.72 Å². The third kappa shape index (κ3) is 3.16. The maximum absolute atomic E-state index is 13.1. The Hall–Kier alpha value is -1.92. The molecule has 134 valence electrons. The van der Waals surface area contributed by atoms with Crippen LogP contribution in [-0.4, -0.2) is 41.3 Å². The van der Waals surface area contributed by atoms with Gasteiger partial charge >= 0.3 is 5.97 Å². The van der Waals surface area contributed by atoms with Crippen LogP contribution in [0.3, 0.4) is 0 Å². The van der Waals surface area contributed by atoms with E-state index in [0.29, 0.717) is 28.6 Å². The minimum atomic E-state index is -0.407. The van der Waals surface area contributed by atoms with Crippen LogP contribution < -0.4 is 0 Å². The molecule has 0 aromatic carbocycles. The molecule has 0 spiro atoms. The van der Waals surface area contributed by atoms with E-state index >= 15 is 0 Å². The van der Waals surface area contributed by atoms with E-state index in [0.717, 1.165) is 19.4 Å². The second kappa shape index (κ2) is 7.14. The topological polar surface area (TPSA) is 62.4 Å². The molecule has 0 saturated carbocycles. The number of aryl methyl sites for hydroxylation is 1. The number of ether oxygens (including phenoxy) is 1. The van der Waals surface area contributed by atoms with Crippen LogP contribution in [0.2, 0.25) is 0 Å². The molecule has 2 aromatic heterocycles. The molecule has 1 aliphatic rings. The van der Waals surface area contributed by atoms with E-state index in [4.69, 9.17) is 4.74 Å². The van der Waals surface area contributed by atoms with E-state index < -0.39 is 5.97 Å². The van der Waals surface area contributed by atoms with Gasteiger partial charge in [0, 0.05) is 11.7 Å². The molecule has 5 nitrogen and oxygen atoms in total. The van der Waals surface area contributed by atoms with Crippen molar-refractivity contribution < 1.29 is 14.3 Å². The lowest BCUT2D eigenvalue weighted by Gasteiger charge is -2.29. The summed E-state index contributed by atoms with van der Waals surface area (Å²) in [5, 5.41) is 4.25. The number of carbonyl (C=O) groups is 2. The molecule has 0 bridgehead atoms. The first-order chi connectivity index (χ1) is 12.0. The number of hydrogen-bond acceptors (Lipinski definition) is 5. The smallest absolute Gasteiger partial charge is 0.339 e. The Morgan fingerprint density at radius 1 is 1.40 bits per heavy atom. The number of Topliss-reactive ketones (excluding diaryl/α,β-unsaturated/α-hetero) is 1. The molecule has 6 heteroatoms. The maximum atomic E-state index is 13.1. The lowest BCUT2D eigenvalue weighted by molar-refractivity contribution is 0.0599. The van der Waals surface area contributed by atoms with E-state index in [1.54, 1.807) is 25.2 Å². The highest BCUT2D eigenvalue weighted by Crippen LogP contribution is 2.35. The Morgan fingerprint density at radius 2 is 2.16 bits per heavy atom. The highest BCUT2D eigenvalue weighted by Gasteiger charge is 2.35. The first-order valence-corrected chi connectivity index (χ1v) is 9.49. The van der Waals surface area contributed by atoms with Crippen LogP contribution in [-0.2, 0) is 4.74 Å². The molecule has 2 atom stereocenters. The number of nitrogens with one attached hydrogen (secondary N) is 1. The van der Waals surface area contributed by atoms with E-state index in [1.165, 1.54) is 12.7 Å². The van der Waals surface area contributed by atoms with Crippen molar-refractivity contribution in [3.63, 3.8) is 0 Å². The van der Waals surface area contributed by atoms with Crippen LogP contribution in [0.1, 0.15) is 63.5 Å². The average molecular weight is 360 g/mol. The van der Waals surface area contributed by atoms with Crippen molar-refractivity contribution in [3.05, 3.63) is 44.9 Å². The van der Waals surface area contributed by atoms with Crippen LogP contribution in [0.5, 0.6) is 0 Å². The number of nitrogens with zero attached hydrogens (tertiary/aromatic N) is 1. The van der Waals surface area contributed by atoms with Crippen LogP contribution in [0.25, 0.3) is 0 Å². The predicted octanol–water partition coefficient (Wildman–Crippen LogP) is 3.89. The number of aromatic nitrogens is 1. The summed E-state index contributed by atoms with van der Waals surface area (Å²) < 4.78 is 4.84. The Kier molecular flexibility index (Phi) is 5.11. The van der Waals surface area contributed by atoms with Crippen molar-refractivity contribution >= 4 is 23.1 Å². The third-order valence-corrected chi connectivity index (χ3v) is 5.87. The first-order valence-electron chi connectivity index (χ1n) is 8.55. The van der Waals surface area contributed by atoms with Crippen molar-refractivity contribution in [1.29, 1.82) is 0 Å². The quantitative estimate of drug-likeness (QED) is 0.649. The number of carbonyl (C=O) groups excluding carboxylic acids is 2. The second-order valence-electron chi connectivity index (χ2n) is 6.61. The van der Waals surface area contributed by atoms with Gasteiger partial charge in [-0.1, -0.05) is 0 Å². The molecular formula is C19H24N2O3S. The molecule has 0 unspecified atom stereocenters. The Bertz CT molecular complexity index is 779. The third-order valence-electron chi connectivity index (χ3n) is 5.17. The standard InChI is InChI=1S/C19H24N2O3S/c1-11-16(19(23)24-4)12(2)20-17(11)18(22)13(3)21-8-5-6-15(21)14-7-9-25-10-14/h7,9-10,13,15,20H,5-6,8H2,1-4H3/t13-,15-/m1/s1. The summed E-state index contributed by atoms with van der Waals surface area (Å²) >= 11 is 1.69. The summed E-state index contributed by atoms with van der Waals surface area (Å²) in [4.78, 5) is 30.5. The summed E-state index contributed by atoms with van der Waals surface area (Å²) in [6.07, 6.45) is 2.17. The van der Waals surface area contributed by atoms with Gasteiger partial charge in [-0.25, -0.2) is 4.79 Å². The molecule has 0 radical (unpaired) electrons. The zero-order chi connectivity index (χ0) is 18.1. The van der Waals surface area contributed by atoms with Crippen molar-refractivity contribution in [1.82, 2.24) is 9.88 Å². The number of thiophene rings is 1. The molecule has 1 fully saturated rings. The normalized spacial score (nSPS) is 19.1. The van der Waals surface area contributed by atoms with Gasteiger partial charge in [0.1, 0.15) is 0 Å². The number of hydrogen-bond donors (Lipinski definition) is 1. The predicted molar refractivity (Wildman–Crippen MR) is 98.4 cm³/mol.